The van der Waals surface area contributed by atoms with Gasteiger partial charge >= 0.3 is 0 Å². The Labute approximate surface area is 112 Å². The van der Waals surface area contributed by atoms with Crippen molar-refractivity contribution in [3.8, 4) is 0 Å². The number of benzene rings is 1. The Hall–Kier alpha value is -2.14. The van der Waals surface area contributed by atoms with Gasteiger partial charge in [0, 0.05) is 35.7 Å². The maximum absolute atomic E-state index is 12.1. The third kappa shape index (κ3) is 3.00. The van der Waals surface area contributed by atoms with Crippen molar-refractivity contribution < 1.29 is 4.79 Å². The topological polar surface area (TPSA) is 71.2 Å². The van der Waals surface area contributed by atoms with E-state index in [9.17, 15) is 4.79 Å². The summed E-state index contributed by atoms with van der Waals surface area (Å²) in [5, 5.41) is 4.50. The summed E-state index contributed by atoms with van der Waals surface area (Å²) in [7, 11) is 3.92. The number of rotatable bonds is 4. The molecule has 0 radical (unpaired) electrons. The average Bonchev–Trinajstić information content (AvgIpc) is 2.38. The fraction of sp³-hybridized carbons (Fsp3) is 0.286. The summed E-state index contributed by atoms with van der Waals surface area (Å²) < 4.78 is 0. The molecular weight excluding hydrogens is 240 g/mol. The standard InChI is InChI=1S/C14H18N4O/c1-18(2)9-8-17-14(19)13-11-4-3-5-12(15)10(11)6-7-16-13/h3-7H,8-9,15H2,1-2H3,(H,17,19). The molecule has 0 unspecified atom stereocenters. The van der Waals surface area contributed by atoms with Crippen molar-refractivity contribution in [3.63, 3.8) is 0 Å². The Morgan fingerprint density at radius 3 is 2.84 bits per heavy atom. The molecule has 0 bridgehead atoms. The molecule has 0 saturated carbocycles. The first-order valence-electron chi connectivity index (χ1n) is 6.15. The van der Waals surface area contributed by atoms with Crippen LogP contribution in [0.25, 0.3) is 10.8 Å². The molecule has 1 amide bonds. The lowest BCUT2D eigenvalue weighted by molar-refractivity contribution is 0.0948. The third-order valence-electron chi connectivity index (χ3n) is 2.90. The van der Waals surface area contributed by atoms with Crippen molar-refractivity contribution in [2.45, 2.75) is 0 Å². The molecule has 0 spiro atoms. The van der Waals surface area contributed by atoms with Crippen LogP contribution in [0.3, 0.4) is 0 Å². The van der Waals surface area contributed by atoms with E-state index in [1.807, 2.05) is 43.3 Å². The first kappa shape index (κ1) is 13.3. The molecule has 3 N–H and O–H groups in total. The fourth-order valence-corrected chi connectivity index (χ4v) is 1.89. The molecule has 2 rings (SSSR count). The van der Waals surface area contributed by atoms with Gasteiger partial charge in [-0.2, -0.15) is 0 Å². The summed E-state index contributed by atoms with van der Waals surface area (Å²) in [4.78, 5) is 18.3. The van der Waals surface area contributed by atoms with Crippen LogP contribution in [-0.2, 0) is 0 Å². The second-order valence-corrected chi connectivity index (χ2v) is 4.66. The number of nitrogens with zero attached hydrogens (tertiary/aromatic N) is 2. The first-order valence-corrected chi connectivity index (χ1v) is 6.15. The van der Waals surface area contributed by atoms with Gasteiger partial charge in [-0.3, -0.25) is 9.78 Å². The van der Waals surface area contributed by atoms with Crippen molar-refractivity contribution in [2.75, 3.05) is 32.9 Å². The van der Waals surface area contributed by atoms with E-state index < -0.39 is 0 Å². The Kier molecular flexibility index (Phi) is 3.97. The number of nitrogen functional groups attached to an aromatic ring is 1. The number of fused-ring (bicyclic) bond motifs is 1. The Balaban J connectivity index is 2.25. The van der Waals surface area contributed by atoms with E-state index in [1.54, 1.807) is 6.20 Å². The molecule has 0 aliphatic carbocycles. The lowest BCUT2D eigenvalue weighted by Gasteiger charge is -2.11. The van der Waals surface area contributed by atoms with Gasteiger partial charge in [-0.25, -0.2) is 0 Å². The predicted octanol–water partition coefficient (Wildman–Crippen LogP) is 1.11. The average molecular weight is 258 g/mol. The van der Waals surface area contributed by atoms with Crippen molar-refractivity contribution in [1.82, 2.24) is 15.2 Å². The SMILES string of the molecule is CN(C)CCNC(=O)c1nccc2c(N)cccc12. The maximum atomic E-state index is 12.1. The number of nitrogens with two attached hydrogens (primary N) is 1. The molecule has 2 aromatic rings. The van der Waals surface area contributed by atoms with E-state index in [0.29, 0.717) is 17.9 Å². The number of likely N-dealkylation sites (N-methyl/N-ethyl adjacent to an activating group) is 1. The number of hydrogen-bond donors (Lipinski definition) is 2. The van der Waals surface area contributed by atoms with Gasteiger partial charge in [0.05, 0.1) is 0 Å². The number of aromatic nitrogens is 1. The molecule has 1 heterocycles. The van der Waals surface area contributed by atoms with E-state index in [0.717, 1.165) is 17.3 Å². The van der Waals surface area contributed by atoms with E-state index in [4.69, 9.17) is 5.73 Å². The fourth-order valence-electron chi connectivity index (χ4n) is 1.89. The second kappa shape index (κ2) is 5.67. The van der Waals surface area contributed by atoms with Gasteiger partial charge < -0.3 is 16.0 Å². The van der Waals surface area contributed by atoms with Gasteiger partial charge in [0.25, 0.3) is 5.91 Å². The zero-order chi connectivity index (χ0) is 13.8. The van der Waals surface area contributed by atoms with Crippen LogP contribution in [-0.4, -0.2) is 43.0 Å². The van der Waals surface area contributed by atoms with Crippen molar-refractivity contribution in [1.29, 1.82) is 0 Å². The zero-order valence-corrected chi connectivity index (χ0v) is 11.2. The molecule has 0 fully saturated rings. The smallest absolute Gasteiger partial charge is 0.270 e. The Bertz CT molecular complexity index is 595. The van der Waals surface area contributed by atoms with Crippen LogP contribution in [0.4, 0.5) is 5.69 Å². The van der Waals surface area contributed by atoms with Gasteiger partial charge in [-0.15, -0.1) is 0 Å². The number of hydrogen-bond acceptors (Lipinski definition) is 4. The minimum absolute atomic E-state index is 0.168. The molecule has 0 aliphatic rings. The summed E-state index contributed by atoms with van der Waals surface area (Å²) in [6, 6.07) is 7.33. The molecule has 5 heteroatoms. The Morgan fingerprint density at radius 2 is 2.11 bits per heavy atom. The second-order valence-electron chi connectivity index (χ2n) is 4.66. The number of pyridine rings is 1. The predicted molar refractivity (Wildman–Crippen MR) is 77.0 cm³/mol. The van der Waals surface area contributed by atoms with E-state index in [-0.39, 0.29) is 5.91 Å². The highest BCUT2D eigenvalue weighted by atomic mass is 16.1. The van der Waals surface area contributed by atoms with Crippen molar-refractivity contribution >= 4 is 22.4 Å². The highest BCUT2D eigenvalue weighted by Crippen LogP contribution is 2.22. The minimum Gasteiger partial charge on any atom is -0.398 e. The highest BCUT2D eigenvalue weighted by molar-refractivity contribution is 6.07. The summed E-state index contributed by atoms with van der Waals surface area (Å²) >= 11 is 0. The molecule has 5 nitrogen and oxygen atoms in total. The Morgan fingerprint density at radius 1 is 1.32 bits per heavy atom. The van der Waals surface area contributed by atoms with Crippen molar-refractivity contribution in [2.24, 2.45) is 0 Å². The molecule has 0 saturated heterocycles. The van der Waals surface area contributed by atoms with Gasteiger partial charge in [-0.05, 0) is 26.2 Å². The normalized spacial score (nSPS) is 10.9. The van der Waals surface area contributed by atoms with Crippen LogP contribution in [0.15, 0.2) is 30.5 Å². The summed E-state index contributed by atoms with van der Waals surface area (Å²) in [5.41, 5.74) is 6.97. The first-order chi connectivity index (χ1) is 9.09. The molecule has 19 heavy (non-hydrogen) atoms. The quantitative estimate of drug-likeness (QED) is 0.806. The molecule has 0 aliphatic heterocycles. The van der Waals surface area contributed by atoms with Gasteiger partial charge in [0.2, 0.25) is 0 Å². The van der Waals surface area contributed by atoms with Crippen LogP contribution >= 0.6 is 0 Å². The minimum atomic E-state index is -0.168. The van der Waals surface area contributed by atoms with E-state index in [2.05, 4.69) is 10.3 Å². The van der Waals surface area contributed by atoms with Crippen LogP contribution < -0.4 is 11.1 Å². The number of amides is 1. The van der Waals surface area contributed by atoms with Crippen LogP contribution in [0.5, 0.6) is 0 Å². The van der Waals surface area contributed by atoms with Crippen molar-refractivity contribution in [3.05, 3.63) is 36.2 Å². The van der Waals surface area contributed by atoms with E-state index in [1.165, 1.54) is 0 Å². The zero-order valence-electron chi connectivity index (χ0n) is 11.2. The summed E-state index contributed by atoms with van der Waals surface area (Å²) in [6.07, 6.45) is 1.61. The van der Waals surface area contributed by atoms with Gasteiger partial charge in [0.1, 0.15) is 5.69 Å². The molecule has 1 aromatic heterocycles. The van der Waals surface area contributed by atoms with Gasteiger partial charge in [0.15, 0.2) is 0 Å². The summed E-state index contributed by atoms with van der Waals surface area (Å²) in [6.45, 7) is 1.38. The van der Waals surface area contributed by atoms with E-state index >= 15 is 0 Å². The molecule has 0 atom stereocenters. The lowest BCUT2D eigenvalue weighted by Crippen LogP contribution is -2.31. The van der Waals surface area contributed by atoms with Crippen LogP contribution in [0.2, 0.25) is 0 Å². The molecular formula is C14H18N4O. The number of carbonyl (C=O) groups excluding carboxylic acids is 1. The van der Waals surface area contributed by atoms with Crippen LogP contribution in [0.1, 0.15) is 10.5 Å². The third-order valence-corrected chi connectivity index (χ3v) is 2.90. The largest absolute Gasteiger partial charge is 0.398 e. The van der Waals surface area contributed by atoms with Gasteiger partial charge in [-0.1, -0.05) is 12.1 Å². The number of carbonyl (C=O) groups is 1. The maximum Gasteiger partial charge on any atom is 0.270 e. The molecule has 100 valence electrons. The summed E-state index contributed by atoms with van der Waals surface area (Å²) in [5.74, 6) is -0.168. The highest BCUT2D eigenvalue weighted by Gasteiger charge is 2.11. The molecule has 1 aromatic carbocycles. The lowest BCUT2D eigenvalue weighted by atomic mass is 10.1. The monoisotopic (exact) mass is 258 g/mol. The number of anilines is 1. The number of nitrogens with one attached hydrogen (secondary N) is 1. The van der Waals surface area contributed by atoms with Crippen LogP contribution in [0, 0.1) is 0 Å².